The molecule has 1 amide bonds. The molecule has 0 spiro atoms. The number of benzene rings is 4. The van der Waals surface area contributed by atoms with E-state index in [4.69, 9.17) is 9.72 Å². The van der Waals surface area contributed by atoms with Crippen molar-refractivity contribution in [2.24, 2.45) is 5.92 Å². The average molecular weight is 634 g/mol. The lowest BCUT2D eigenvalue weighted by molar-refractivity contribution is 0.0459. The van der Waals surface area contributed by atoms with Crippen LogP contribution < -0.4 is 5.32 Å². The molecule has 0 aliphatic carbocycles. The highest BCUT2D eigenvalue weighted by molar-refractivity contribution is 7.80. The van der Waals surface area contributed by atoms with Gasteiger partial charge in [0.25, 0.3) is 5.91 Å². The normalized spacial score (nSPS) is 12.0. The summed E-state index contributed by atoms with van der Waals surface area (Å²) in [5.74, 6) is 1.39. The Kier molecular flexibility index (Phi) is 11.0. The number of thiol groups is 1. The van der Waals surface area contributed by atoms with Gasteiger partial charge in [-0.25, -0.2) is 9.78 Å². The van der Waals surface area contributed by atoms with Crippen molar-refractivity contribution in [3.63, 3.8) is 0 Å². The summed E-state index contributed by atoms with van der Waals surface area (Å²) in [5.41, 5.74) is 8.08. The number of carbonyl (C=O) groups excluding carboxylic acids is 2. The van der Waals surface area contributed by atoms with Gasteiger partial charge in [-0.2, -0.15) is 12.6 Å². The van der Waals surface area contributed by atoms with E-state index in [2.05, 4.69) is 65.8 Å². The van der Waals surface area contributed by atoms with Gasteiger partial charge in [0.05, 0.1) is 23.2 Å². The third kappa shape index (κ3) is 7.88. The zero-order valence-electron chi connectivity index (χ0n) is 27.1. The first-order valence-corrected chi connectivity index (χ1v) is 16.7. The molecule has 238 valence electrons. The molecule has 0 aliphatic rings. The number of amides is 1. The fraction of sp³-hybridized carbons (Fsp3) is 0.308. The molecule has 1 N–H and O–H groups in total. The Balaban J connectivity index is 1.41. The molecule has 46 heavy (non-hydrogen) atoms. The topological polar surface area (TPSA) is 73.2 Å². The van der Waals surface area contributed by atoms with E-state index in [1.165, 1.54) is 0 Å². The summed E-state index contributed by atoms with van der Waals surface area (Å²) in [6, 6.07) is 29.8. The van der Waals surface area contributed by atoms with Gasteiger partial charge in [-0.1, -0.05) is 93.6 Å². The predicted molar refractivity (Wildman–Crippen MR) is 190 cm³/mol. The maximum atomic E-state index is 13.5. The lowest BCUT2D eigenvalue weighted by atomic mass is 9.98. The van der Waals surface area contributed by atoms with Gasteiger partial charge in [-0.15, -0.1) is 0 Å². The fourth-order valence-electron chi connectivity index (χ4n) is 5.70. The number of rotatable bonds is 13. The SMILES string of the molecule is CCCc1nc2c(C)cc(C(=O)N[C@@H](CS)Cc3ccccc3)cc2n1Cc1ccc(-c2ccccc2C(=O)OCC(C)C)cc1. The van der Waals surface area contributed by atoms with Gasteiger partial charge in [-0.3, -0.25) is 4.79 Å². The summed E-state index contributed by atoms with van der Waals surface area (Å²) >= 11 is 4.52. The number of aryl methyl sites for hydroxylation is 2. The summed E-state index contributed by atoms with van der Waals surface area (Å²) in [4.78, 5) is 31.4. The van der Waals surface area contributed by atoms with E-state index in [1.807, 2.05) is 75.4 Å². The van der Waals surface area contributed by atoms with Crippen LogP contribution in [0.3, 0.4) is 0 Å². The largest absolute Gasteiger partial charge is 0.462 e. The molecule has 5 aromatic rings. The fourth-order valence-corrected chi connectivity index (χ4v) is 5.92. The van der Waals surface area contributed by atoms with Gasteiger partial charge in [-0.05, 0) is 71.7 Å². The van der Waals surface area contributed by atoms with Crippen LogP contribution in [0.2, 0.25) is 0 Å². The molecule has 0 fully saturated rings. The third-order valence-corrected chi connectivity index (χ3v) is 8.48. The molecule has 0 radical (unpaired) electrons. The first-order valence-electron chi connectivity index (χ1n) is 16.1. The van der Waals surface area contributed by atoms with Crippen molar-refractivity contribution in [2.75, 3.05) is 12.4 Å². The highest BCUT2D eigenvalue weighted by Gasteiger charge is 2.19. The highest BCUT2D eigenvalue weighted by atomic mass is 32.1. The quantitative estimate of drug-likeness (QED) is 0.102. The Morgan fingerprint density at radius 1 is 0.935 bits per heavy atom. The van der Waals surface area contributed by atoms with Crippen LogP contribution in [-0.4, -0.2) is 39.8 Å². The second-order valence-electron chi connectivity index (χ2n) is 12.3. The van der Waals surface area contributed by atoms with Gasteiger partial charge in [0.15, 0.2) is 0 Å². The molecule has 0 bridgehead atoms. The number of hydrogen-bond acceptors (Lipinski definition) is 5. The Hall–Kier alpha value is -4.36. The number of nitrogens with one attached hydrogen (secondary N) is 1. The van der Waals surface area contributed by atoms with Crippen molar-refractivity contribution < 1.29 is 14.3 Å². The third-order valence-electron chi connectivity index (χ3n) is 8.04. The van der Waals surface area contributed by atoms with Crippen LogP contribution in [0.1, 0.15) is 70.4 Å². The van der Waals surface area contributed by atoms with Crippen LogP contribution >= 0.6 is 12.6 Å². The van der Waals surface area contributed by atoms with Gasteiger partial charge < -0.3 is 14.6 Å². The minimum absolute atomic E-state index is 0.0875. The standard InChI is InChI=1S/C39H43N3O3S/c1-5-11-36-41-37-27(4)20-31(38(43)40-32(25-46)21-28-12-7-6-8-13-28)22-35(37)42(36)23-29-16-18-30(19-17-29)33-14-9-10-15-34(33)39(44)45-24-26(2)3/h6-10,12-20,22,26,32,46H,5,11,21,23-25H2,1-4H3,(H,40,43)/t32-/m1/s1. The van der Waals surface area contributed by atoms with Crippen molar-refractivity contribution in [3.8, 4) is 11.1 Å². The van der Waals surface area contributed by atoms with Crippen molar-refractivity contribution in [3.05, 3.63) is 125 Å². The van der Waals surface area contributed by atoms with Crippen LogP contribution in [0.15, 0.2) is 91.0 Å². The number of imidazole rings is 1. The second kappa shape index (κ2) is 15.3. The van der Waals surface area contributed by atoms with E-state index >= 15 is 0 Å². The number of ether oxygens (including phenoxy) is 1. The van der Waals surface area contributed by atoms with Crippen LogP contribution in [0.4, 0.5) is 0 Å². The average Bonchev–Trinajstić information content (AvgIpc) is 3.41. The summed E-state index contributed by atoms with van der Waals surface area (Å²) in [7, 11) is 0. The van der Waals surface area contributed by atoms with E-state index in [0.29, 0.717) is 30.0 Å². The summed E-state index contributed by atoms with van der Waals surface area (Å²) in [5, 5.41) is 3.19. The first kappa shape index (κ1) is 33.0. The monoisotopic (exact) mass is 633 g/mol. The van der Waals surface area contributed by atoms with Gasteiger partial charge in [0.2, 0.25) is 0 Å². The van der Waals surface area contributed by atoms with E-state index in [9.17, 15) is 9.59 Å². The molecule has 7 heteroatoms. The molecule has 5 rings (SSSR count). The summed E-state index contributed by atoms with van der Waals surface area (Å²) in [6.45, 7) is 9.22. The van der Waals surface area contributed by atoms with E-state index in [1.54, 1.807) is 0 Å². The van der Waals surface area contributed by atoms with Gasteiger partial charge in [0.1, 0.15) is 5.82 Å². The molecular weight excluding hydrogens is 591 g/mol. The van der Waals surface area contributed by atoms with E-state index in [-0.39, 0.29) is 23.8 Å². The predicted octanol–water partition coefficient (Wildman–Crippen LogP) is 8.10. The van der Waals surface area contributed by atoms with Crippen LogP contribution in [0.5, 0.6) is 0 Å². The minimum atomic E-state index is -0.307. The molecule has 0 aliphatic heterocycles. The van der Waals surface area contributed by atoms with Crippen molar-refractivity contribution in [1.29, 1.82) is 0 Å². The highest BCUT2D eigenvalue weighted by Crippen LogP contribution is 2.27. The maximum absolute atomic E-state index is 13.5. The molecule has 1 aromatic heterocycles. The minimum Gasteiger partial charge on any atom is -0.462 e. The Labute approximate surface area is 277 Å². The summed E-state index contributed by atoms with van der Waals surface area (Å²) < 4.78 is 7.76. The number of carbonyl (C=O) groups is 2. The number of fused-ring (bicyclic) bond motifs is 1. The van der Waals surface area contributed by atoms with Crippen LogP contribution in [-0.2, 0) is 24.1 Å². The smallest absolute Gasteiger partial charge is 0.338 e. The molecule has 0 saturated carbocycles. The number of nitrogens with zero attached hydrogens (tertiary/aromatic N) is 2. The van der Waals surface area contributed by atoms with Crippen LogP contribution in [0, 0.1) is 12.8 Å². The van der Waals surface area contributed by atoms with Crippen molar-refractivity contribution in [2.45, 2.75) is 59.5 Å². The first-order chi connectivity index (χ1) is 22.3. The Morgan fingerprint density at radius 3 is 2.35 bits per heavy atom. The molecule has 4 aromatic carbocycles. The maximum Gasteiger partial charge on any atom is 0.338 e. The van der Waals surface area contributed by atoms with Gasteiger partial charge >= 0.3 is 5.97 Å². The zero-order chi connectivity index (χ0) is 32.6. The lowest BCUT2D eigenvalue weighted by Gasteiger charge is -2.17. The number of esters is 1. The Morgan fingerprint density at radius 2 is 1.65 bits per heavy atom. The van der Waals surface area contributed by atoms with Gasteiger partial charge in [0, 0.05) is 30.3 Å². The molecule has 1 atom stereocenters. The molecule has 6 nitrogen and oxygen atoms in total. The van der Waals surface area contributed by atoms with Crippen LogP contribution in [0.25, 0.3) is 22.2 Å². The number of aromatic nitrogens is 2. The molecule has 0 unspecified atom stereocenters. The molecule has 1 heterocycles. The molecular formula is C39H43N3O3S. The number of hydrogen-bond donors (Lipinski definition) is 2. The molecule has 0 saturated heterocycles. The van der Waals surface area contributed by atoms with Crippen molar-refractivity contribution >= 4 is 35.5 Å². The lowest BCUT2D eigenvalue weighted by Crippen LogP contribution is -2.37. The van der Waals surface area contributed by atoms with Crippen molar-refractivity contribution in [1.82, 2.24) is 14.9 Å². The Bertz CT molecular complexity index is 1800. The van der Waals surface area contributed by atoms with E-state index in [0.717, 1.165) is 63.9 Å². The summed E-state index contributed by atoms with van der Waals surface area (Å²) in [6.07, 6.45) is 2.51. The zero-order valence-corrected chi connectivity index (χ0v) is 28.0. The van der Waals surface area contributed by atoms with E-state index < -0.39 is 0 Å². The second-order valence-corrected chi connectivity index (χ2v) is 12.7.